The van der Waals surface area contributed by atoms with Crippen LogP contribution in [-0.4, -0.2) is 15.7 Å². The van der Waals surface area contributed by atoms with Crippen LogP contribution in [0.25, 0.3) is 10.8 Å². The lowest BCUT2D eigenvalue weighted by atomic mass is 10.1. The van der Waals surface area contributed by atoms with E-state index in [4.69, 9.17) is 32.4 Å². The number of aromatic nitrogens is 2. The molecule has 35 heavy (non-hydrogen) atoms. The van der Waals surface area contributed by atoms with Gasteiger partial charge in [0.15, 0.2) is 11.6 Å². The predicted molar refractivity (Wildman–Crippen MR) is 140 cm³/mol. The largest absolute Gasteiger partial charge is 0.485 e. The highest BCUT2D eigenvalue weighted by Gasteiger charge is 2.16. The maximum absolute atomic E-state index is 12.7. The average molecular weight is 571 g/mol. The van der Waals surface area contributed by atoms with Crippen molar-refractivity contribution in [1.82, 2.24) is 9.78 Å². The third-order valence-electron chi connectivity index (χ3n) is 5.28. The quantitative estimate of drug-likeness (QED) is 0.219. The number of benzene rings is 3. The number of ether oxygens (including phenoxy) is 1. The van der Waals surface area contributed by atoms with Crippen molar-refractivity contribution < 1.29 is 13.9 Å². The molecule has 5 rings (SSSR count). The summed E-state index contributed by atoms with van der Waals surface area (Å²) in [4.78, 5) is 12.7. The number of fused-ring (bicyclic) bond motifs is 1. The van der Waals surface area contributed by atoms with Crippen LogP contribution in [-0.2, 0) is 13.2 Å². The number of halogens is 3. The summed E-state index contributed by atoms with van der Waals surface area (Å²) in [7, 11) is 0. The van der Waals surface area contributed by atoms with Crippen LogP contribution in [0.4, 0.5) is 5.82 Å². The molecule has 0 saturated carbocycles. The van der Waals surface area contributed by atoms with Gasteiger partial charge in [-0.15, -0.1) is 0 Å². The molecule has 0 fully saturated rings. The molecule has 6 nitrogen and oxygen atoms in total. The second-order valence-corrected chi connectivity index (χ2v) is 9.43. The smallest absolute Gasteiger partial charge is 0.292 e. The third kappa shape index (κ3) is 5.37. The van der Waals surface area contributed by atoms with E-state index in [-0.39, 0.29) is 12.4 Å². The van der Waals surface area contributed by atoms with Gasteiger partial charge < -0.3 is 14.5 Å². The first kappa shape index (κ1) is 23.5. The summed E-state index contributed by atoms with van der Waals surface area (Å²) in [5.74, 6) is 1.41. The van der Waals surface area contributed by atoms with Gasteiger partial charge in [-0.25, -0.2) is 0 Å². The Kier molecular flexibility index (Phi) is 6.81. The summed E-state index contributed by atoms with van der Waals surface area (Å²) < 4.78 is 14.0. The zero-order valence-corrected chi connectivity index (χ0v) is 21.3. The number of carbonyl (C=O) groups is 1. The van der Waals surface area contributed by atoms with E-state index in [9.17, 15) is 4.79 Å². The molecule has 0 saturated heterocycles. The number of rotatable bonds is 7. The molecule has 5 aromatic rings. The topological polar surface area (TPSA) is 69.3 Å². The number of furan rings is 1. The summed E-state index contributed by atoms with van der Waals surface area (Å²) in [6.07, 6.45) is 1.77. The molecular weight excluding hydrogens is 553 g/mol. The normalized spacial score (nSPS) is 11.1. The minimum Gasteiger partial charge on any atom is -0.485 e. The van der Waals surface area contributed by atoms with E-state index in [1.54, 1.807) is 35.1 Å². The van der Waals surface area contributed by atoms with Crippen molar-refractivity contribution in [2.24, 2.45) is 0 Å². The van der Waals surface area contributed by atoms with Crippen molar-refractivity contribution in [2.45, 2.75) is 13.2 Å². The van der Waals surface area contributed by atoms with Gasteiger partial charge in [-0.3, -0.25) is 9.48 Å². The Morgan fingerprint density at radius 3 is 2.71 bits per heavy atom. The van der Waals surface area contributed by atoms with Gasteiger partial charge in [-0.05, 0) is 57.2 Å². The number of anilines is 1. The van der Waals surface area contributed by atoms with Crippen molar-refractivity contribution in [3.63, 3.8) is 0 Å². The number of hydrogen-bond donors (Lipinski definition) is 1. The summed E-state index contributed by atoms with van der Waals surface area (Å²) in [6, 6.07) is 22.6. The lowest BCUT2D eigenvalue weighted by Crippen LogP contribution is -2.12. The van der Waals surface area contributed by atoms with Crippen LogP contribution in [0.2, 0.25) is 10.0 Å². The lowest BCUT2D eigenvalue weighted by molar-refractivity contribution is 0.0992. The van der Waals surface area contributed by atoms with E-state index < -0.39 is 5.91 Å². The number of carbonyl (C=O) groups excluding carboxylic acids is 1. The van der Waals surface area contributed by atoms with Crippen LogP contribution in [0.15, 0.2) is 87.9 Å². The van der Waals surface area contributed by atoms with Gasteiger partial charge in [0.1, 0.15) is 18.1 Å². The number of hydrogen-bond acceptors (Lipinski definition) is 4. The average Bonchev–Trinajstić information content (AvgIpc) is 3.46. The monoisotopic (exact) mass is 569 g/mol. The van der Waals surface area contributed by atoms with Gasteiger partial charge >= 0.3 is 0 Å². The summed E-state index contributed by atoms with van der Waals surface area (Å²) in [6.45, 7) is 0.658. The minimum absolute atomic E-state index is 0.160. The van der Waals surface area contributed by atoms with Crippen molar-refractivity contribution >= 4 is 61.6 Å². The Morgan fingerprint density at radius 1 is 1.03 bits per heavy atom. The Bertz CT molecular complexity index is 1520. The Balaban J connectivity index is 1.23. The first-order valence-corrected chi connectivity index (χ1v) is 12.2. The van der Waals surface area contributed by atoms with E-state index in [1.807, 2.05) is 48.5 Å². The fourth-order valence-corrected chi connectivity index (χ4v) is 4.34. The SMILES string of the molecule is O=C(Nc1nn(Cc2ccc(Cl)c(Cl)c2)cc1Br)c1ccc(COc2cccc3ccccc23)o1. The molecule has 0 unspecified atom stereocenters. The Morgan fingerprint density at radius 2 is 1.86 bits per heavy atom. The number of amides is 1. The van der Waals surface area contributed by atoms with E-state index in [2.05, 4.69) is 26.3 Å². The van der Waals surface area contributed by atoms with E-state index >= 15 is 0 Å². The predicted octanol–water partition coefficient (Wildman–Crippen LogP) is 7.58. The molecule has 0 aliphatic rings. The minimum atomic E-state index is -0.415. The fraction of sp³-hybridized carbons (Fsp3) is 0.0769. The zero-order chi connectivity index (χ0) is 24.4. The number of nitrogens with one attached hydrogen (secondary N) is 1. The highest BCUT2D eigenvalue weighted by Crippen LogP contribution is 2.27. The highest BCUT2D eigenvalue weighted by atomic mass is 79.9. The first-order chi connectivity index (χ1) is 17.0. The molecule has 3 aromatic carbocycles. The molecule has 0 radical (unpaired) electrons. The molecule has 1 N–H and O–H groups in total. The third-order valence-corrected chi connectivity index (χ3v) is 6.60. The molecule has 0 atom stereocenters. The van der Waals surface area contributed by atoms with Crippen LogP contribution in [0, 0.1) is 0 Å². The molecule has 0 aliphatic heterocycles. The van der Waals surface area contributed by atoms with Crippen molar-refractivity contribution in [3.8, 4) is 5.75 Å². The molecule has 0 aliphatic carbocycles. The van der Waals surface area contributed by atoms with Gasteiger partial charge in [-0.1, -0.05) is 65.7 Å². The van der Waals surface area contributed by atoms with Gasteiger partial charge in [-0.2, -0.15) is 5.10 Å². The molecule has 2 heterocycles. The van der Waals surface area contributed by atoms with E-state index in [0.717, 1.165) is 22.1 Å². The van der Waals surface area contributed by atoms with Crippen molar-refractivity contribution in [3.05, 3.63) is 111 Å². The van der Waals surface area contributed by atoms with Crippen molar-refractivity contribution in [2.75, 3.05) is 5.32 Å². The van der Waals surface area contributed by atoms with Crippen LogP contribution >= 0.6 is 39.1 Å². The summed E-state index contributed by atoms with van der Waals surface area (Å²) in [5.41, 5.74) is 0.925. The molecule has 0 spiro atoms. The molecular formula is C26H18BrCl2N3O3. The highest BCUT2D eigenvalue weighted by molar-refractivity contribution is 9.10. The second-order valence-electron chi connectivity index (χ2n) is 7.76. The molecule has 0 bridgehead atoms. The second kappa shape index (κ2) is 10.2. The fourth-order valence-electron chi connectivity index (χ4n) is 3.60. The Labute approximate surface area is 219 Å². The lowest BCUT2D eigenvalue weighted by Gasteiger charge is -2.08. The van der Waals surface area contributed by atoms with E-state index in [0.29, 0.717) is 32.6 Å². The maximum Gasteiger partial charge on any atom is 0.292 e. The molecule has 2 aromatic heterocycles. The van der Waals surface area contributed by atoms with Gasteiger partial charge in [0.2, 0.25) is 0 Å². The molecule has 9 heteroatoms. The maximum atomic E-state index is 12.7. The number of nitrogens with zero attached hydrogens (tertiary/aromatic N) is 2. The van der Waals surface area contributed by atoms with Crippen LogP contribution < -0.4 is 10.1 Å². The standard InChI is InChI=1S/C26H18BrCl2N3O3/c27-20-14-32(13-16-8-10-21(28)22(29)12-16)31-25(20)30-26(33)24-11-9-18(35-24)15-34-23-7-3-5-17-4-1-2-6-19(17)23/h1-12,14H,13,15H2,(H,30,31,33). The van der Waals surface area contributed by atoms with Crippen LogP contribution in [0.1, 0.15) is 21.9 Å². The van der Waals surface area contributed by atoms with Crippen LogP contribution in [0.5, 0.6) is 5.75 Å². The van der Waals surface area contributed by atoms with E-state index in [1.165, 1.54) is 0 Å². The van der Waals surface area contributed by atoms with Gasteiger partial charge in [0, 0.05) is 11.6 Å². The molecule has 1 amide bonds. The first-order valence-electron chi connectivity index (χ1n) is 10.6. The molecule has 176 valence electrons. The summed E-state index contributed by atoms with van der Waals surface area (Å²) in [5, 5.41) is 10.3. The van der Waals surface area contributed by atoms with Crippen LogP contribution in [0.3, 0.4) is 0 Å². The van der Waals surface area contributed by atoms with Crippen molar-refractivity contribution in [1.29, 1.82) is 0 Å². The van der Waals surface area contributed by atoms with Gasteiger partial charge in [0.05, 0.1) is 21.1 Å². The Hall–Kier alpha value is -3.26. The zero-order valence-electron chi connectivity index (χ0n) is 18.2. The van der Waals surface area contributed by atoms with Gasteiger partial charge in [0.25, 0.3) is 5.91 Å². The summed E-state index contributed by atoms with van der Waals surface area (Å²) >= 11 is 15.5.